The average Bonchev–Trinajstić information content (AvgIpc) is 3.20. The van der Waals surface area contributed by atoms with Crippen molar-refractivity contribution in [3.63, 3.8) is 0 Å². The Morgan fingerprint density at radius 2 is 1.69 bits per heavy atom. The first-order chi connectivity index (χ1) is 18.8. The number of aromatic nitrogens is 1. The molecule has 196 valence electrons. The molecule has 4 aromatic carbocycles. The molecule has 1 heterocycles. The standard InChI is InChI=1S/C31H25Cl2N3O3/c1-19-13-24(17-34-35-31(38)28-14-21-5-3-4-6-22(21)15-30(28)37)20(2)36(19)26-9-11-27(12-10-26)39-18-23-7-8-25(32)16-29(23)33/h3-17,37H,18H2,1-2H3,(H,35,38). The van der Waals surface area contributed by atoms with Gasteiger partial charge in [-0.05, 0) is 79.2 Å². The molecule has 1 aromatic heterocycles. The molecule has 0 fully saturated rings. The zero-order valence-corrected chi connectivity index (χ0v) is 22.8. The molecule has 5 rings (SSSR count). The van der Waals surface area contributed by atoms with Crippen molar-refractivity contribution in [3.05, 3.63) is 123 Å². The molecule has 6 nitrogen and oxygen atoms in total. The molecular formula is C31H25Cl2N3O3. The molecule has 0 aliphatic rings. The summed E-state index contributed by atoms with van der Waals surface area (Å²) in [7, 11) is 0. The van der Waals surface area contributed by atoms with E-state index in [4.69, 9.17) is 27.9 Å². The quantitative estimate of drug-likeness (QED) is 0.160. The number of fused-ring (bicyclic) bond motifs is 1. The van der Waals surface area contributed by atoms with Crippen LogP contribution in [-0.4, -0.2) is 21.8 Å². The molecule has 0 bridgehead atoms. The van der Waals surface area contributed by atoms with Gasteiger partial charge in [-0.1, -0.05) is 53.5 Å². The van der Waals surface area contributed by atoms with Crippen LogP contribution in [0.4, 0.5) is 0 Å². The third kappa shape index (κ3) is 5.77. The molecule has 0 spiro atoms. The van der Waals surface area contributed by atoms with Crippen LogP contribution in [-0.2, 0) is 6.61 Å². The molecule has 0 unspecified atom stereocenters. The third-order valence-electron chi connectivity index (χ3n) is 6.45. The van der Waals surface area contributed by atoms with Crippen LogP contribution in [0.2, 0.25) is 10.0 Å². The molecular weight excluding hydrogens is 533 g/mol. The summed E-state index contributed by atoms with van der Waals surface area (Å²) in [5.41, 5.74) is 7.32. The first kappa shape index (κ1) is 26.4. The van der Waals surface area contributed by atoms with Crippen LogP contribution in [0.3, 0.4) is 0 Å². The SMILES string of the molecule is Cc1cc(C=NNC(=O)c2cc3ccccc3cc2O)c(C)n1-c1ccc(OCc2ccc(Cl)cc2Cl)cc1. The number of ether oxygens (including phenoxy) is 1. The number of carbonyl (C=O) groups is 1. The van der Waals surface area contributed by atoms with E-state index < -0.39 is 5.91 Å². The first-order valence-electron chi connectivity index (χ1n) is 12.2. The number of nitrogens with zero attached hydrogens (tertiary/aromatic N) is 2. The van der Waals surface area contributed by atoms with Crippen molar-refractivity contribution < 1.29 is 14.6 Å². The highest BCUT2D eigenvalue weighted by Crippen LogP contribution is 2.26. The number of nitrogens with one attached hydrogen (secondary N) is 1. The van der Waals surface area contributed by atoms with Crippen molar-refractivity contribution in [2.75, 3.05) is 0 Å². The number of hydrogen-bond acceptors (Lipinski definition) is 4. The van der Waals surface area contributed by atoms with Gasteiger partial charge in [-0.15, -0.1) is 0 Å². The Bertz CT molecular complexity index is 1710. The summed E-state index contributed by atoms with van der Waals surface area (Å²) in [5, 5.41) is 17.3. The molecule has 0 saturated carbocycles. The van der Waals surface area contributed by atoms with Gasteiger partial charge >= 0.3 is 0 Å². The second kappa shape index (κ2) is 11.2. The van der Waals surface area contributed by atoms with E-state index in [1.807, 2.05) is 74.5 Å². The Morgan fingerprint density at radius 3 is 2.41 bits per heavy atom. The minimum absolute atomic E-state index is 0.0942. The number of halogens is 2. The van der Waals surface area contributed by atoms with E-state index in [1.165, 1.54) is 0 Å². The summed E-state index contributed by atoms with van der Waals surface area (Å²) in [4.78, 5) is 12.7. The number of rotatable bonds is 7. The lowest BCUT2D eigenvalue weighted by Crippen LogP contribution is -2.17. The molecule has 0 aliphatic heterocycles. The van der Waals surface area contributed by atoms with E-state index in [0.29, 0.717) is 22.4 Å². The fourth-order valence-corrected chi connectivity index (χ4v) is 4.90. The number of phenolic OH excluding ortho intramolecular Hbond substituents is 1. The zero-order valence-electron chi connectivity index (χ0n) is 21.3. The molecule has 39 heavy (non-hydrogen) atoms. The number of amides is 1. The molecule has 8 heteroatoms. The van der Waals surface area contributed by atoms with E-state index in [2.05, 4.69) is 15.1 Å². The van der Waals surface area contributed by atoms with Gasteiger partial charge in [0.25, 0.3) is 5.91 Å². The minimum Gasteiger partial charge on any atom is -0.507 e. The second-order valence-corrected chi connectivity index (χ2v) is 9.94. The Labute approximate surface area is 236 Å². The van der Waals surface area contributed by atoms with Crippen molar-refractivity contribution in [1.82, 2.24) is 9.99 Å². The monoisotopic (exact) mass is 557 g/mol. The van der Waals surface area contributed by atoms with Gasteiger partial charge in [-0.3, -0.25) is 4.79 Å². The van der Waals surface area contributed by atoms with Gasteiger partial charge in [0, 0.05) is 38.2 Å². The Hall–Kier alpha value is -4.26. The Morgan fingerprint density at radius 1 is 0.974 bits per heavy atom. The second-order valence-electron chi connectivity index (χ2n) is 9.10. The van der Waals surface area contributed by atoms with E-state index >= 15 is 0 Å². The zero-order chi connectivity index (χ0) is 27.5. The lowest BCUT2D eigenvalue weighted by atomic mass is 10.1. The van der Waals surface area contributed by atoms with Crippen molar-refractivity contribution in [3.8, 4) is 17.2 Å². The highest BCUT2D eigenvalue weighted by atomic mass is 35.5. The van der Waals surface area contributed by atoms with Crippen LogP contribution in [0.15, 0.2) is 90.0 Å². The summed E-state index contributed by atoms with van der Waals surface area (Å²) < 4.78 is 7.99. The molecule has 0 saturated heterocycles. The lowest BCUT2D eigenvalue weighted by molar-refractivity contribution is 0.0952. The van der Waals surface area contributed by atoms with E-state index in [9.17, 15) is 9.90 Å². The van der Waals surface area contributed by atoms with Crippen molar-refractivity contribution in [2.24, 2.45) is 5.10 Å². The van der Waals surface area contributed by atoms with Crippen LogP contribution in [0.5, 0.6) is 11.5 Å². The lowest BCUT2D eigenvalue weighted by Gasteiger charge is -2.12. The number of hydrogen-bond donors (Lipinski definition) is 2. The number of aryl methyl sites for hydroxylation is 1. The van der Waals surface area contributed by atoms with Crippen LogP contribution in [0.1, 0.15) is 32.9 Å². The number of phenols is 1. The van der Waals surface area contributed by atoms with Crippen LogP contribution < -0.4 is 10.2 Å². The Balaban J connectivity index is 1.27. The minimum atomic E-state index is -0.487. The van der Waals surface area contributed by atoms with Gasteiger partial charge in [0.2, 0.25) is 0 Å². The van der Waals surface area contributed by atoms with E-state index in [0.717, 1.165) is 39.0 Å². The molecule has 0 radical (unpaired) electrons. The van der Waals surface area contributed by atoms with Crippen LogP contribution in [0.25, 0.3) is 16.5 Å². The number of carbonyl (C=O) groups excluding carboxylic acids is 1. The van der Waals surface area contributed by atoms with Gasteiger partial charge < -0.3 is 14.4 Å². The predicted molar refractivity (Wildman–Crippen MR) is 157 cm³/mol. The highest BCUT2D eigenvalue weighted by molar-refractivity contribution is 6.35. The maximum Gasteiger partial charge on any atom is 0.275 e. The van der Waals surface area contributed by atoms with Crippen molar-refractivity contribution in [2.45, 2.75) is 20.5 Å². The topological polar surface area (TPSA) is 75.9 Å². The van der Waals surface area contributed by atoms with Crippen LogP contribution >= 0.6 is 23.2 Å². The molecule has 2 N–H and O–H groups in total. The third-order valence-corrected chi connectivity index (χ3v) is 7.04. The maximum absolute atomic E-state index is 12.7. The maximum atomic E-state index is 12.7. The smallest absolute Gasteiger partial charge is 0.275 e. The predicted octanol–water partition coefficient (Wildman–Crippen LogP) is 7.60. The number of hydrazone groups is 1. The van der Waals surface area contributed by atoms with Crippen molar-refractivity contribution >= 4 is 46.1 Å². The summed E-state index contributed by atoms with van der Waals surface area (Å²) in [5.74, 6) is 0.135. The summed E-state index contributed by atoms with van der Waals surface area (Å²) in [6, 6.07) is 25.8. The van der Waals surface area contributed by atoms with Gasteiger partial charge in [-0.2, -0.15) is 5.10 Å². The largest absolute Gasteiger partial charge is 0.507 e. The van der Waals surface area contributed by atoms with Crippen LogP contribution in [0, 0.1) is 13.8 Å². The van der Waals surface area contributed by atoms with E-state index in [1.54, 1.807) is 30.5 Å². The molecule has 1 amide bonds. The summed E-state index contributed by atoms with van der Waals surface area (Å²) in [6.07, 6.45) is 1.60. The fraction of sp³-hybridized carbons (Fsp3) is 0.0968. The molecule has 0 aliphatic carbocycles. The normalized spacial score (nSPS) is 11.3. The Kier molecular flexibility index (Phi) is 7.59. The molecule has 5 aromatic rings. The first-order valence-corrected chi connectivity index (χ1v) is 13.0. The van der Waals surface area contributed by atoms with Gasteiger partial charge in [-0.25, -0.2) is 5.43 Å². The van der Waals surface area contributed by atoms with E-state index in [-0.39, 0.29) is 11.3 Å². The average molecular weight is 558 g/mol. The van der Waals surface area contributed by atoms with Gasteiger partial charge in [0.05, 0.1) is 11.8 Å². The number of benzene rings is 4. The highest BCUT2D eigenvalue weighted by Gasteiger charge is 2.13. The summed E-state index contributed by atoms with van der Waals surface area (Å²) >= 11 is 12.2. The fourth-order valence-electron chi connectivity index (χ4n) is 4.44. The number of aromatic hydroxyl groups is 1. The van der Waals surface area contributed by atoms with Gasteiger partial charge in [0.1, 0.15) is 18.1 Å². The van der Waals surface area contributed by atoms with Crippen molar-refractivity contribution in [1.29, 1.82) is 0 Å². The van der Waals surface area contributed by atoms with Gasteiger partial charge in [0.15, 0.2) is 0 Å². The molecule has 0 atom stereocenters. The summed E-state index contributed by atoms with van der Waals surface area (Å²) in [6.45, 7) is 4.32.